The summed E-state index contributed by atoms with van der Waals surface area (Å²) < 4.78 is 10.2. The number of aryl methyl sites for hydroxylation is 2. The third-order valence-corrected chi connectivity index (χ3v) is 3.33. The fourth-order valence-electron chi connectivity index (χ4n) is 2.28. The molecule has 108 valence electrons. The van der Waals surface area contributed by atoms with Crippen molar-refractivity contribution in [3.8, 4) is 0 Å². The molecule has 0 bridgehead atoms. The number of fused-ring (bicyclic) bond motifs is 1. The average Bonchev–Trinajstić information content (AvgIpc) is 3.09. The first-order valence-electron chi connectivity index (χ1n) is 6.85. The Kier molecular flexibility index (Phi) is 3.73. The standard InChI is InChI=1S/C16H16N2O3/c1-11-8-13(21-18-11)10-20-16(19)7-6-12-9-17-15-5-3-2-4-14(12)15/h2-5,8-9,17H,6-7,10H2,1H3. The van der Waals surface area contributed by atoms with Gasteiger partial charge >= 0.3 is 5.97 Å². The maximum absolute atomic E-state index is 11.8. The number of hydrogen-bond acceptors (Lipinski definition) is 4. The van der Waals surface area contributed by atoms with E-state index in [1.54, 1.807) is 6.07 Å². The van der Waals surface area contributed by atoms with Crippen LogP contribution in [0.15, 0.2) is 41.1 Å². The molecule has 2 heterocycles. The second-order valence-corrected chi connectivity index (χ2v) is 4.95. The lowest BCUT2D eigenvalue weighted by Crippen LogP contribution is -2.05. The van der Waals surface area contributed by atoms with Gasteiger partial charge < -0.3 is 14.2 Å². The van der Waals surface area contributed by atoms with Gasteiger partial charge in [0, 0.05) is 29.6 Å². The lowest BCUT2D eigenvalue weighted by molar-refractivity contribution is -0.145. The van der Waals surface area contributed by atoms with Crippen LogP contribution in [0.25, 0.3) is 10.9 Å². The normalized spacial score (nSPS) is 10.9. The number of carbonyl (C=O) groups is 1. The highest BCUT2D eigenvalue weighted by Crippen LogP contribution is 2.19. The summed E-state index contributed by atoms with van der Waals surface area (Å²) in [5, 5.41) is 4.89. The molecule has 0 amide bonds. The molecular formula is C16H16N2O3. The van der Waals surface area contributed by atoms with Gasteiger partial charge in [-0.05, 0) is 25.0 Å². The maximum Gasteiger partial charge on any atom is 0.306 e. The van der Waals surface area contributed by atoms with E-state index in [1.165, 1.54) is 0 Å². The van der Waals surface area contributed by atoms with Crippen LogP contribution in [0, 0.1) is 6.92 Å². The monoisotopic (exact) mass is 284 g/mol. The highest BCUT2D eigenvalue weighted by atomic mass is 16.5. The van der Waals surface area contributed by atoms with Gasteiger partial charge in [-0.25, -0.2) is 0 Å². The van der Waals surface area contributed by atoms with Crippen LogP contribution >= 0.6 is 0 Å². The molecule has 0 atom stereocenters. The van der Waals surface area contributed by atoms with Crippen LogP contribution in [-0.2, 0) is 22.6 Å². The molecule has 0 radical (unpaired) electrons. The maximum atomic E-state index is 11.8. The zero-order valence-corrected chi connectivity index (χ0v) is 11.8. The molecular weight excluding hydrogens is 268 g/mol. The van der Waals surface area contributed by atoms with Gasteiger partial charge in [-0.15, -0.1) is 0 Å². The Labute approximate surface area is 121 Å². The zero-order valence-electron chi connectivity index (χ0n) is 11.8. The molecule has 0 aliphatic carbocycles. The number of esters is 1. The van der Waals surface area contributed by atoms with Crippen molar-refractivity contribution in [3.05, 3.63) is 53.5 Å². The van der Waals surface area contributed by atoms with Gasteiger partial charge in [-0.1, -0.05) is 23.4 Å². The molecule has 5 nitrogen and oxygen atoms in total. The minimum Gasteiger partial charge on any atom is -0.457 e. The van der Waals surface area contributed by atoms with Gasteiger partial charge in [0.05, 0.1) is 5.69 Å². The molecule has 3 aromatic rings. The number of rotatable bonds is 5. The summed E-state index contributed by atoms with van der Waals surface area (Å²) >= 11 is 0. The molecule has 21 heavy (non-hydrogen) atoms. The second-order valence-electron chi connectivity index (χ2n) is 4.95. The van der Waals surface area contributed by atoms with Crippen molar-refractivity contribution >= 4 is 16.9 Å². The van der Waals surface area contributed by atoms with Gasteiger partial charge in [0.2, 0.25) is 0 Å². The number of nitrogens with zero attached hydrogens (tertiary/aromatic N) is 1. The van der Waals surface area contributed by atoms with Crippen molar-refractivity contribution in [2.75, 3.05) is 0 Å². The summed E-state index contributed by atoms with van der Waals surface area (Å²) in [6.07, 6.45) is 2.94. The molecule has 3 rings (SSSR count). The average molecular weight is 284 g/mol. The first kappa shape index (κ1) is 13.4. The number of aromatic amines is 1. The van der Waals surface area contributed by atoms with E-state index in [2.05, 4.69) is 10.1 Å². The van der Waals surface area contributed by atoms with Crippen molar-refractivity contribution in [2.24, 2.45) is 0 Å². The first-order chi connectivity index (χ1) is 10.2. The number of ether oxygens (including phenoxy) is 1. The van der Waals surface area contributed by atoms with Gasteiger partial charge in [-0.3, -0.25) is 4.79 Å². The number of benzene rings is 1. The number of nitrogens with one attached hydrogen (secondary N) is 1. The fourth-order valence-corrected chi connectivity index (χ4v) is 2.28. The highest BCUT2D eigenvalue weighted by molar-refractivity contribution is 5.83. The van der Waals surface area contributed by atoms with Crippen LogP contribution in [-0.4, -0.2) is 16.1 Å². The van der Waals surface area contributed by atoms with Gasteiger partial charge in [-0.2, -0.15) is 0 Å². The zero-order chi connectivity index (χ0) is 14.7. The van der Waals surface area contributed by atoms with Crippen LogP contribution in [0.2, 0.25) is 0 Å². The van der Waals surface area contributed by atoms with Crippen LogP contribution in [0.3, 0.4) is 0 Å². The number of H-pyrrole nitrogens is 1. The van der Waals surface area contributed by atoms with Gasteiger partial charge in [0.15, 0.2) is 12.4 Å². The van der Waals surface area contributed by atoms with E-state index < -0.39 is 0 Å². The third kappa shape index (κ3) is 3.13. The Hall–Kier alpha value is -2.56. The van der Waals surface area contributed by atoms with Crippen LogP contribution < -0.4 is 0 Å². The molecule has 0 unspecified atom stereocenters. The Morgan fingerprint density at radius 3 is 3.05 bits per heavy atom. The Balaban J connectivity index is 1.54. The van der Waals surface area contributed by atoms with E-state index in [0.29, 0.717) is 18.6 Å². The summed E-state index contributed by atoms with van der Waals surface area (Å²) in [5.41, 5.74) is 2.98. The molecule has 0 saturated carbocycles. The summed E-state index contributed by atoms with van der Waals surface area (Å²) in [6.45, 7) is 1.96. The van der Waals surface area contributed by atoms with Crippen molar-refractivity contribution in [2.45, 2.75) is 26.4 Å². The molecule has 0 spiro atoms. The highest BCUT2D eigenvalue weighted by Gasteiger charge is 2.09. The summed E-state index contributed by atoms with van der Waals surface area (Å²) in [5.74, 6) is 0.322. The predicted octanol–water partition coefficient (Wildman–Crippen LogP) is 3.14. The van der Waals surface area contributed by atoms with E-state index in [9.17, 15) is 4.79 Å². The largest absolute Gasteiger partial charge is 0.457 e. The Morgan fingerprint density at radius 1 is 1.38 bits per heavy atom. The number of hydrogen-bond donors (Lipinski definition) is 1. The predicted molar refractivity (Wildman–Crippen MR) is 77.7 cm³/mol. The summed E-state index contributed by atoms with van der Waals surface area (Å²) in [7, 11) is 0. The van der Waals surface area contributed by atoms with Crippen molar-refractivity contribution in [1.82, 2.24) is 10.1 Å². The summed E-state index contributed by atoms with van der Waals surface area (Å²) in [4.78, 5) is 15.0. The SMILES string of the molecule is Cc1cc(COC(=O)CCc2c[nH]c3ccccc23)on1. The molecule has 5 heteroatoms. The lowest BCUT2D eigenvalue weighted by atomic mass is 10.1. The van der Waals surface area contributed by atoms with E-state index in [1.807, 2.05) is 37.4 Å². The Bertz CT molecular complexity index is 758. The van der Waals surface area contributed by atoms with Crippen molar-refractivity contribution in [3.63, 3.8) is 0 Å². The van der Waals surface area contributed by atoms with Crippen molar-refractivity contribution < 1.29 is 14.1 Å². The fraction of sp³-hybridized carbons (Fsp3) is 0.250. The third-order valence-electron chi connectivity index (χ3n) is 3.33. The number of aromatic nitrogens is 2. The quantitative estimate of drug-likeness (QED) is 0.731. The van der Waals surface area contributed by atoms with E-state index in [-0.39, 0.29) is 12.6 Å². The molecule has 2 aromatic heterocycles. The second kappa shape index (κ2) is 5.83. The minimum absolute atomic E-state index is 0.132. The van der Waals surface area contributed by atoms with E-state index >= 15 is 0 Å². The smallest absolute Gasteiger partial charge is 0.306 e. The molecule has 0 fully saturated rings. The van der Waals surface area contributed by atoms with E-state index in [0.717, 1.165) is 22.2 Å². The first-order valence-corrected chi connectivity index (χ1v) is 6.85. The van der Waals surface area contributed by atoms with Crippen molar-refractivity contribution in [1.29, 1.82) is 0 Å². The molecule has 1 aromatic carbocycles. The Morgan fingerprint density at radius 2 is 2.24 bits per heavy atom. The minimum atomic E-state index is -0.241. The number of para-hydroxylation sites is 1. The molecule has 0 saturated heterocycles. The lowest BCUT2D eigenvalue weighted by Gasteiger charge is -2.02. The topological polar surface area (TPSA) is 68.1 Å². The van der Waals surface area contributed by atoms with Crippen LogP contribution in [0.5, 0.6) is 0 Å². The van der Waals surface area contributed by atoms with Crippen LogP contribution in [0.4, 0.5) is 0 Å². The number of carbonyl (C=O) groups excluding carboxylic acids is 1. The molecule has 1 N–H and O–H groups in total. The van der Waals surface area contributed by atoms with Crippen LogP contribution in [0.1, 0.15) is 23.4 Å². The molecule has 0 aliphatic rings. The van der Waals surface area contributed by atoms with Gasteiger partial charge in [0.1, 0.15) is 0 Å². The summed E-state index contributed by atoms with van der Waals surface area (Å²) in [6, 6.07) is 9.79. The van der Waals surface area contributed by atoms with E-state index in [4.69, 9.17) is 9.26 Å². The molecule has 0 aliphatic heterocycles. The van der Waals surface area contributed by atoms with Gasteiger partial charge in [0.25, 0.3) is 0 Å².